The summed E-state index contributed by atoms with van der Waals surface area (Å²) in [6.07, 6.45) is 0.282. The fourth-order valence-corrected chi connectivity index (χ4v) is 1.13. The van der Waals surface area contributed by atoms with Crippen molar-refractivity contribution in [2.75, 3.05) is 6.54 Å². The lowest BCUT2D eigenvalue weighted by atomic mass is 10.1. The Kier molecular flexibility index (Phi) is 3.34. The largest absolute Gasteiger partial charge is 0.325 e. The van der Waals surface area contributed by atoms with Gasteiger partial charge >= 0.3 is 0 Å². The molecule has 0 amide bonds. The van der Waals surface area contributed by atoms with Crippen molar-refractivity contribution < 1.29 is 13.2 Å². The predicted molar refractivity (Wildman–Crippen MR) is 46.9 cm³/mol. The number of nitrogens with two attached hydrogens (primary N) is 1. The molecule has 1 rings (SSSR count). The lowest BCUT2D eigenvalue weighted by Gasteiger charge is -2.14. The van der Waals surface area contributed by atoms with Gasteiger partial charge in [0, 0.05) is 18.2 Å². The zero-order chi connectivity index (χ0) is 10.8. The van der Waals surface area contributed by atoms with Crippen LogP contribution in [-0.4, -0.2) is 17.5 Å². The van der Waals surface area contributed by atoms with Gasteiger partial charge in [-0.25, -0.2) is 13.8 Å². The van der Waals surface area contributed by atoms with E-state index < -0.39 is 24.8 Å². The summed E-state index contributed by atoms with van der Waals surface area (Å²) < 4.78 is 38.6. The second-order valence-electron chi connectivity index (χ2n) is 2.80. The molecule has 0 aromatic carbocycles. The Morgan fingerprint density at radius 2 is 2.14 bits per heavy atom. The van der Waals surface area contributed by atoms with Gasteiger partial charge in [-0.05, 0) is 6.07 Å². The molecule has 2 nitrogen and oxygen atoms in total. The first-order chi connectivity index (χ1) is 6.46. The van der Waals surface area contributed by atoms with Crippen molar-refractivity contribution in [2.45, 2.75) is 12.3 Å². The Bertz CT molecular complexity index is 310. The first kappa shape index (κ1) is 11.3. The van der Waals surface area contributed by atoms with Crippen LogP contribution >= 0.6 is 11.6 Å². The van der Waals surface area contributed by atoms with Gasteiger partial charge in [-0.3, -0.25) is 0 Å². The summed E-state index contributed by atoms with van der Waals surface area (Å²) in [6.45, 7) is -0.850. The summed E-state index contributed by atoms with van der Waals surface area (Å²) in [5.74, 6) is -4.14. The molecule has 1 aromatic heterocycles. The molecule has 0 atom stereocenters. The third-order valence-electron chi connectivity index (χ3n) is 1.68. The minimum atomic E-state index is -3.16. The zero-order valence-electron chi connectivity index (χ0n) is 7.11. The summed E-state index contributed by atoms with van der Waals surface area (Å²) in [4.78, 5) is 3.23. The van der Waals surface area contributed by atoms with Gasteiger partial charge in [-0.1, -0.05) is 11.6 Å². The average Bonchev–Trinajstić information content (AvgIpc) is 2.12. The number of hydrogen-bond acceptors (Lipinski definition) is 2. The van der Waals surface area contributed by atoms with E-state index in [4.69, 9.17) is 17.3 Å². The lowest BCUT2D eigenvalue weighted by Crippen LogP contribution is -2.30. The van der Waals surface area contributed by atoms with Crippen LogP contribution in [0.15, 0.2) is 12.3 Å². The van der Waals surface area contributed by atoms with Crippen LogP contribution in [0.5, 0.6) is 0 Å². The second-order valence-corrected chi connectivity index (χ2v) is 3.21. The minimum absolute atomic E-state index is 0.0642. The number of hydrogen-bond donors (Lipinski definition) is 1. The van der Waals surface area contributed by atoms with Crippen molar-refractivity contribution in [3.8, 4) is 0 Å². The molecule has 2 N–H and O–H groups in total. The number of aromatic nitrogens is 1. The van der Waals surface area contributed by atoms with Gasteiger partial charge in [0.1, 0.15) is 0 Å². The molecule has 0 radical (unpaired) electrons. The van der Waals surface area contributed by atoms with Crippen molar-refractivity contribution in [3.63, 3.8) is 0 Å². The van der Waals surface area contributed by atoms with Crippen molar-refractivity contribution >= 4 is 11.6 Å². The second kappa shape index (κ2) is 4.14. The van der Waals surface area contributed by atoms with Crippen LogP contribution in [0.3, 0.4) is 0 Å². The number of rotatable bonds is 3. The van der Waals surface area contributed by atoms with Crippen LogP contribution < -0.4 is 5.73 Å². The first-order valence-electron chi connectivity index (χ1n) is 3.83. The summed E-state index contributed by atoms with van der Waals surface area (Å²) >= 11 is 5.54. The van der Waals surface area contributed by atoms with Crippen molar-refractivity contribution in [1.29, 1.82) is 0 Å². The van der Waals surface area contributed by atoms with Gasteiger partial charge in [-0.15, -0.1) is 0 Å². The molecule has 14 heavy (non-hydrogen) atoms. The molecule has 0 spiro atoms. The fraction of sp³-hybridized carbons (Fsp3) is 0.375. The summed E-state index contributed by atoms with van der Waals surface area (Å²) in [6, 6.07) is 1.26. The highest BCUT2D eigenvalue weighted by Crippen LogP contribution is 2.25. The van der Waals surface area contributed by atoms with E-state index >= 15 is 0 Å². The number of halogens is 4. The first-order valence-corrected chi connectivity index (χ1v) is 4.21. The highest BCUT2D eigenvalue weighted by atomic mass is 35.5. The third kappa shape index (κ3) is 2.59. The van der Waals surface area contributed by atoms with E-state index in [1.807, 2.05) is 0 Å². The van der Waals surface area contributed by atoms with Crippen molar-refractivity contribution in [1.82, 2.24) is 4.98 Å². The van der Waals surface area contributed by atoms with Crippen LogP contribution in [0.1, 0.15) is 5.56 Å². The quantitative estimate of drug-likeness (QED) is 0.798. The molecule has 0 aliphatic carbocycles. The van der Waals surface area contributed by atoms with Crippen LogP contribution in [0.4, 0.5) is 13.2 Å². The Balaban J connectivity index is 2.97. The Hall–Kier alpha value is -0.810. The van der Waals surface area contributed by atoms with E-state index in [1.54, 1.807) is 0 Å². The smallest absolute Gasteiger partial charge is 0.264 e. The topological polar surface area (TPSA) is 38.9 Å². The molecule has 0 aliphatic heterocycles. The lowest BCUT2D eigenvalue weighted by molar-refractivity contribution is 0.0105. The third-order valence-corrected chi connectivity index (χ3v) is 2.03. The van der Waals surface area contributed by atoms with Crippen LogP contribution in [0.25, 0.3) is 0 Å². The van der Waals surface area contributed by atoms with Gasteiger partial charge < -0.3 is 5.73 Å². The van der Waals surface area contributed by atoms with Crippen LogP contribution in [0.2, 0.25) is 5.02 Å². The van der Waals surface area contributed by atoms with E-state index in [0.29, 0.717) is 0 Å². The fourth-order valence-electron chi connectivity index (χ4n) is 0.933. The highest BCUT2D eigenvalue weighted by molar-refractivity contribution is 6.31. The maximum Gasteiger partial charge on any atom is 0.264 e. The summed E-state index contributed by atoms with van der Waals surface area (Å²) in [5, 5.41) is -0.0642. The van der Waals surface area contributed by atoms with Crippen LogP contribution in [-0.2, 0) is 6.42 Å². The molecule has 0 aliphatic rings. The molecule has 0 saturated heterocycles. The number of pyridine rings is 1. The maximum absolute atomic E-state index is 12.9. The van der Waals surface area contributed by atoms with Crippen molar-refractivity contribution in [2.24, 2.45) is 5.73 Å². The maximum atomic E-state index is 12.9. The molecular formula is C8H8ClF3N2. The van der Waals surface area contributed by atoms with Crippen LogP contribution in [0, 0.1) is 5.95 Å². The van der Waals surface area contributed by atoms with Gasteiger partial charge in [0.15, 0.2) is 0 Å². The minimum Gasteiger partial charge on any atom is -0.325 e. The van der Waals surface area contributed by atoms with Crippen molar-refractivity contribution in [3.05, 3.63) is 28.8 Å². The Morgan fingerprint density at radius 3 is 2.64 bits per heavy atom. The predicted octanol–water partition coefficient (Wildman–Crippen LogP) is 2.01. The summed E-state index contributed by atoms with van der Waals surface area (Å²) in [5.41, 5.74) is 4.52. The Labute approximate surface area is 83.9 Å². The molecule has 78 valence electrons. The SMILES string of the molecule is NCC(F)(F)Cc1c(Cl)ccnc1F. The van der Waals surface area contributed by atoms with E-state index in [9.17, 15) is 13.2 Å². The molecule has 6 heteroatoms. The molecule has 1 heterocycles. The molecular weight excluding hydrogens is 217 g/mol. The average molecular weight is 225 g/mol. The van der Waals surface area contributed by atoms with E-state index in [2.05, 4.69) is 4.98 Å². The molecule has 0 saturated carbocycles. The monoisotopic (exact) mass is 224 g/mol. The van der Waals surface area contributed by atoms with E-state index in [-0.39, 0.29) is 10.6 Å². The number of alkyl halides is 2. The highest BCUT2D eigenvalue weighted by Gasteiger charge is 2.29. The normalized spacial score (nSPS) is 11.8. The molecule has 1 aromatic rings. The Morgan fingerprint density at radius 1 is 1.50 bits per heavy atom. The molecule has 0 fully saturated rings. The van der Waals surface area contributed by atoms with Gasteiger partial charge in [0.05, 0.1) is 11.6 Å². The van der Waals surface area contributed by atoms with Gasteiger partial charge in [0.2, 0.25) is 5.95 Å². The van der Waals surface area contributed by atoms with E-state index in [0.717, 1.165) is 6.20 Å². The van der Waals surface area contributed by atoms with Gasteiger partial charge in [-0.2, -0.15) is 4.39 Å². The summed E-state index contributed by atoms with van der Waals surface area (Å²) in [7, 11) is 0. The molecule has 0 bridgehead atoms. The number of nitrogens with zero attached hydrogens (tertiary/aromatic N) is 1. The zero-order valence-corrected chi connectivity index (χ0v) is 7.86. The van der Waals surface area contributed by atoms with Gasteiger partial charge in [0.25, 0.3) is 5.92 Å². The van der Waals surface area contributed by atoms with E-state index in [1.165, 1.54) is 6.07 Å². The molecule has 0 unspecified atom stereocenters. The standard InChI is InChI=1S/C8H8ClF3N2/c9-6-1-2-14-7(10)5(6)3-8(11,12)4-13/h1-2H,3-4,13H2.